The molecule has 4 saturated heterocycles. The normalized spacial score (nSPS) is 55.9. The molecule has 9 aliphatic rings. The molecule has 34 heavy (non-hydrogen) atoms. The van der Waals surface area contributed by atoms with Gasteiger partial charge in [0.1, 0.15) is 0 Å². The van der Waals surface area contributed by atoms with Gasteiger partial charge in [0.25, 0.3) is 0 Å². The minimum Gasteiger partial charge on any atom is -0.395 e. The van der Waals surface area contributed by atoms with E-state index in [4.69, 9.17) is 4.74 Å². The first kappa shape index (κ1) is 21.8. The lowest BCUT2D eigenvalue weighted by atomic mass is 9.54. The summed E-state index contributed by atoms with van der Waals surface area (Å²) in [6.07, 6.45) is 8.52. The summed E-state index contributed by atoms with van der Waals surface area (Å²) < 4.78 is 7.49. The maximum Gasteiger partial charge on any atom is 0.0772 e. The topological polar surface area (TPSA) is 62.7 Å². The monoisotopic (exact) mass is 472 g/mol. The Morgan fingerprint density at radius 2 is 1.24 bits per heavy atom. The number of hydrogen-bond acceptors (Lipinski definition) is 7. The van der Waals surface area contributed by atoms with Crippen molar-refractivity contribution in [3.8, 4) is 0 Å². The van der Waals surface area contributed by atoms with Gasteiger partial charge >= 0.3 is 0 Å². The van der Waals surface area contributed by atoms with Crippen LogP contribution in [0.25, 0.3) is 0 Å². The van der Waals surface area contributed by atoms with Crippen molar-refractivity contribution in [1.82, 2.24) is 20.0 Å². The second-order valence-corrected chi connectivity index (χ2v) is 13.4. The van der Waals surface area contributed by atoms with Gasteiger partial charge in [-0.05, 0) is 92.3 Å². The Balaban J connectivity index is 1.01. The minimum absolute atomic E-state index is 0.148. The summed E-state index contributed by atoms with van der Waals surface area (Å²) in [6, 6.07) is 0.619. The zero-order valence-electron chi connectivity index (χ0n) is 21.1. The first-order chi connectivity index (χ1) is 16.6. The summed E-state index contributed by atoms with van der Waals surface area (Å²) in [5.41, 5.74) is 0.296. The molecule has 12 atom stereocenters. The first-order valence-corrected chi connectivity index (χ1v) is 14.4. The summed E-state index contributed by atoms with van der Waals surface area (Å²) in [5.74, 6) is 7.20. The summed E-state index contributed by atoms with van der Waals surface area (Å²) in [7, 11) is 4.49. The fraction of sp³-hybridized carbons (Fsp3) is 1.00. The van der Waals surface area contributed by atoms with Crippen molar-refractivity contribution in [3.63, 3.8) is 0 Å². The van der Waals surface area contributed by atoms with Crippen LogP contribution in [0.2, 0.25) is 0 Å². The van der Waals surface area contributed by atoms with Crippen LogP contribution >= 0.6 is 0 Å². The number of hydrogen-bond donors (Lipinski definition) is 2. The summed E-state index contributed by atoms with van der Waals surface area (Å²) in [5, 5.41) is 29.4. The van der Waals surface area contributed by atoms with Gasteiger partial charge in [-0.1, -0.05) is 0 Å². The van der Waals surface area contributed by atoms with Crippen LogP contribution in [0.3, 0.4) is 0 Å². The van der Waals surface area contributed by atoms with Crippen molar-refractivity contribution in [1.29, 1.82) is 0 Å². The molecular weight excluding hydrogens is 428 g/mol. The maximum absolute atomic E-state index is 9.82. The zero-order valence-corrected chi connectivity index (χ0v) is 21.1. The van der Waals surface area contributed by atoms with Crippen LogP contribution in [0.4, 0.5) is 0 Å². The molecule has 0 aromatic heterocycles. The lowest BCUT2D eigenvalue weighted by Crippen LogP contribution is -2.54. The Bertz CT molecular complexity index is 790. The van der Waals surface area contributed by atoms with E-state index in [1.54, 1.807) is 0 Å². The van der Waals surface area contributed by atoms with Crippen LogP contribution in [0, 0.1) is 47.3 Å². The van der Waals surface area contributed by atoms with Crippen molar-refractivity contribution < 1.29 is 14.9 Å². The van der Waals surface area contributed by atoms with Crippen LogP contribution in [-0.4, -0.2) is 107 Å². The predicted octanol–water partition coefficient (Wildman–Crippen LogP) is 1.27. The number of ether oxygens (including phenoxy) is 1. The molecule has 9 rings (SSSR count). The molecule has 0 radical (unpaired) electrons. The third-order valence-electron chi connectivity index (χ3n) is 12.8. The molecule has 9 fully saturated rings. The molecule has 0 spiro atoms. The summed E-state index contributed by atoms with van der Waals surface area (Å²) in [6.45, 7) is 4.87. The van der Waals surface area contributed by atoms with E-state index < -0.39 is 0 Å². The van der Waals surface area contributed by atoms with Crippen molar-refractivity contribution in [3.05, 3.63) is 0 Å². The highest BCUT2D eigenvalue weighted by atomic mass is 16.5. The van der Waals surface area contributed by atoms with Gasteiger partial charge in [-0.25, -0.2) is 20.0 Å². The van der Waals surface area contributed by atoms with E-state index in [1.807, 2.05) is 0 Å². The summed E-state index contributed by atoms with van der Waals surface area (Å²) >= 11 is 0. The van der Waals surface area contributed by atoms with E-state index in [1.165, 1.54) is 32.1 Å². The highest BCUT2D eigenvalue weighted by Gasteiger charge is 2.96. The van der Waals surface area contributed by atoms with E-state index in [0.29, 0.717) is 12.1 Å². The van der Waals surface area contributed by atoms with Crippen molar-refractivity contribution in [2.75, 3.05) is 53.5 Å². The lowest BCUT2D eigenvalue weighted by molar-refractivity contribution is -0.106. The molecule has 0 aromatic carbocycles. The minimum atomic E-state index is 0.148. The number of rotatable bonds is 10. The Morgan fingerprint density at radius 3 is 1.68 bits per heavy atom. The van der Waals surface area contributed by atoms with E-state index >= 15 is 0 Å². The molecule has 0 aromatic rings. The van der Waals surface area contributed by atoms with Gasteiger partial charge in [0.2, 0.25) is 0 Å². The Kier molecular flexibility index (Phi) is 4.60. The molecule has 5 saturated carbocycles. The molecule has 5 aliphatic carbocycles. The quantitative estimate of drug-likeness (QED) is 0.497. The number of aliphatic hydroxyl groups excluding tert-OH is 2. The average Bonchev–Trinajstić information content (AvgIpc) is 3.62. The highest BCUT2D eigenvalue weighted by Crippen LogP contribution is 2.93. The smallest absolute Gasteiger partial charge is 0.0772 e. The molecule has 7 nitrogen and oxygen atoms in total. The molecular formula is C27H44N4O3. The van der Waals surface area contributed by atoms with E-state index in [-0.39, 0.29) is 24.4 Å². The van der Waals surface area contributed by atoms with Crippen LogP contribution < -0.4 is 0 Å². The van der Waals surface area contributed by atoms with E-state index in [2.05, 4.69) is 34.1 Å². The second-order valence-electron chi connectivity index (χ2n) is 13.4. The van der Waals surface area contributed by atoms with Crippen molar-refractivity contribution in [2.45, 2.75) is 68.2 Å². The Hall–Kier alpha value is -0.280. The van der Waals surface area contributed by atoms with Gasteiger partial charge in [-0.15, -0.1) is 0 Å². The van der Waals surface area contributed by atoms with Gasteiger partial charge < -0.3 is 14.9 Å². The van der Waals surface area contributed by atoms with Crippen LogP contribution in [0.15, 0.2) is 0 Å². The van der Waals surface area contributed by atoms with E-state index in [9.17, 15) is 10.2 Å². The summed E-state index contributed by atoms with van der Waals surface area (Å²) in [4.78, 5) is 0. The van der Waals surface area contributed by atoms with Gasteiger partial charge in [-0.3, -0.25) is 0 Å². The molecule has 190 valence electrons. The van der Waals surface area contributed by atoms with Crippen molar-refractivity contribution in [2.24, 2.45) is 47.3 Å². The molecule has 4 aliphatic heterocycles. The third kappa shape index (κ3) is 2.31. The largest absolute Gasteiger partial charge is 0.395 e. The molecule has 4 bridgehead atoms. The third-order valence-corrected chi connectivity index (χ3v) is 12.8. The number of nitrogens with zero attached hydrogens (tertiary/aromatic N) is 4. The van der Waals surface area contributed by atoms with Gasteiger partial charge in [0.15, 0.2) is 0 Å². The maximum atomic E-state index is 9.82. The van der Waals surface area contributed by atoms with Crippen molar-refractivity contribution >= 4 is 0 Å². The van der Waals surface area contributed by atoms with E-state index in [0.717, 1.165) is 86.4 Å². The highest BCUT2D eigenvalue weighted by molar-refractivity contribution is 5.43. The molecule has 10 unspecified atom stereocenters. The number of hydrazine groups is 2. The standard InChI is InChI=1S/C27H44N4O3/c1-28(30-9-3-5-16(30)14-32)11-7-26-22-18-13-19-21-20(18)24(26)25(21)27(34-26,23(19)22)8-12-29(2)31-10-4-6-17(31)15-33/h16-25,32-33H,3-15H2,1-2H3/t16-,17-,18?,19?,20?,21?,22?,23?,24?,25?,26?,27?/m0/s1. The molecule has 2 N–H and O–H groups in total. The van der Waals surface area contributed by atoms with Gasteiger partial charge in [0.05, 0.1) is 24.4 Å². The number of aliphatic hydroxyl groups is 2. The Morgan fingerprint density at radius 1 is 0.765 bits per heavy atom. The molecule has 4 heterocycles. The van der Waals surface area contributed by atoms with Gasteiger partial charge in [-0.2, -0.15) is 0 Å². The predicted molar refractivity (Wildman–Crippen MR) is 127 cm³/mol. The zero-order chi connectivity index (χ0) is 23.0. The van der Waals surface area contributed by atoms with Crippen LogP contribution in [0.5, 0.6) is 0 Å². The fourth-order valence-electron chi connectivity index (χ4n) is 12.1. The van der Waals surface area contributed by atoms with Gasteiger partial charge in [0, 0.05) is 52.4 Å². The van der Waals surface area contributed by atoms with Crippen LogP contribution in [0.1, 0.15) is 44.9 Å². The first-order valence-electron chi connectivity index (χ1n) is 14.4. The Labute approximate surface area is 204 Å². The lowest BCUT2D eigenvalue weighted by Gasteiger charge is -2.48. The SMILES string of the molecule is CN(CCC12OC3(CCN(C)N4CCC[C@H]4CO)C4C5CC(C6C5C3C61)C42)N1CCC[C@H]1CO. The second kappa shape index (κ2) is 7.18. The molecule has 7 heteroatoms. The fourth-order valence-corrected chi connectivity index (χ4v) is 12.1. The molecule has 0 amide bonds. The average molecular weight is 473 g/mol. The van der Waals surface area contributed by atoms with Crippen LogP contribution in [-0.2, 0) is 4.74 Å².